The largest absolute Gasteiger partial charge is 0.334 e. The maximum Gasteiger partial charge on any atom is 0.246 e. The summed E-state index contributed by atoms with van der Waals surface area (Å²) in [6.07, 6.45) is 4.14. The van der Waals surface area contributed by atoms with Gasteiger partial charge < -0.3 is 4.90 Å². The Morgan fingerprint density at radius 1 is 1.11 bits per heavy atom. The van der Waals surface area contributed by atoms with Gasteiger partial charge in [-0.1, -0.05) is 47.5 Å². The first-order valence-electron chi connectivity index (χ1n) is 8.65. The lowest BCUT2D eigenvalue weighted by molar-refractivity contribution is -0.126. The van der Waals surface area contributed by atoms with E-state index in [1.165, 1.54) is 0 Å². The number of carbonyl (C=O) groups is 1. The van der Waals surface area contributed by atoms with Gasteiger partial charge in [-0.3, -0.25) is 9.89 Å². The number of benzene rings is 2. The Hall–Kier alpha value is -2.56. The highest BCUT2D eigenvalue weighted by Crippen LogP contribution is 2.29. The van der Waals surface area contributed by atoms with Crippen molar-refractivity contribution in [1.29, 1.82) is 0 Å². The van der Waals surface area contributed by atoms with Crippen LogP contribution in [-0.4, -0.2) is 27.5 Å². The molecule has 0 saturated carbocycles. The molecule has 0 radical (unpaired) electrons. The van der Waals surface area contributed by atoms with Crippen molar-refractivity contribution in [3.8, 4) is 11.3 Å². The van der Waals surface area contributed by atoms with Crippen LogP contribution < -0.4 is 0 Å². The van der Waals surface area contributed by atoms with E-state index in [4.69, 9.17) is 23.2 Å². The standard InChI is InChI=1S/C21H17Cl2N3O/c22-16-7-5-15(6-8-16)21-18-13-26(11-10-19(18)24-25-21)20(27)9-4-14-2-1-3-17(23)12-14/h1-9,12H,10-11,13H2,(H,24,25)/b9-4+. The number of halogens is 2. The summed E-state index contributed by atoms with van der Waals surface area (Å²) in [5, 5.41) is 8.90. The van der Waals surface area contributed by atoms with E-state index in [1.807, 2.05) is 53.4 Å². The van der Waals surface area contributed by atoms with E-state index in [0.29, 0.717) is 23.1 Å². The van der Waals surface area contributed by atoms with Crippen LogP contribution in [0.2, 0.25) is 10.0 Å². The molecule has 0 spiro atoms. The molecule has 4 rings (SSSR count). The van der Waals surface area contributed by atoms with Crippen molar-refractivity contribution in [1.82, 2.24) is 15.1 Å². The van der Waals surface area contributed by atoms with Crippen molar-refractivity contribution in [2.45, 2.75) is 13.0 Å². The van der Waals surface area contributed by atoms with Crippen LogP contribution in [0.5, 0.6) is 0 Å². The Bertz CT molecular complexity index is 1010. The highest BCUT2D eigenvalue weighted by atomic mass is 35.5. The summed E-state index contributed by atoms with van der Waals surface area (Å²) in [7, 11) is 0. The number of nitrogens with one attached hydrogen (secondary N) is 1. The monoisotopic (exact) mass is 397 g/mol. The lowest BCUT2D eigenvalue weighted by atomic mass is 10.0. The SMILES string of the molecule is O=C(/C=C/c1cccc(Cl)c1)N1CCc2[nH]nc(-c3ccc(Cl)cc3)c2C1. The summed E-state index contributed by atoms with van der Waals surface area (Å²) in [5.74, 6) is -0.0242. The third kappa shape index (κ3) is 3.92. The van der Waals surface area contributed by atoms with Gasteiger partial charge in [0.25, 0.3) is 0 Å². The van der Waals surface area contributed by atoms with E-state index < -0.39 is 0 Å². The lowest BCUT2D eigenvalue weighted by Crippen LogP contribution is -2.34. The number of carbonyl (C=O) groups excluding carboxylic acids is 1. The summed E-state index contributed by atoms with van der Waals surface area (Å²) >= 11 is 12.0. The van der Waals surface area contributed by atoms with Gasteiger partial charge in [-0.25, -0.2) is 0 Å². The molecule has 4 nitrogen and oxygen atoms in total. The van der Waals surface area contributed by atoms with Crippen LogP contribution in [0, 0.1) is 0 Å². The normalized spacial score (nSPS) is 13.8. The van der Waals surface area contributed by atoms with Crippen molar-refractivity contribution in [3.63, 3.8) is 0 Å². The van der Waals surface area contributed by atoms with E-state index in [1.54, 1.807) is 12.2 Å². The molecule has 0 unspecified atom stereocenters. The number of rotatable bonds is 3. The van der Waals surface area contributed by atoms with Crippen molar-refractivity contribution < 1.29 is 4.79 Å². The fraction of sp³-hybridized carbons (Fsp3) is 0.143. The van der Waals surface area contributed by atoms with Crippen molar-refractivity contribution >= 4 is 35.2 Å². The molecule has 1 aromatic heterocycles. The Morgan fingerprint density at radius 2 is 1.93 bits per heavy atom. The van der Waals surface area contributed by atoms with Gasteiger partial charge in [0.15, 0.2) is 0 Å². The summed E-state index contributed by atoms with van der Waals surface area (Å²) in [6, 6.07) is 15.0. The van der Waals surface area contributed by atoms with Gasteiger partial charge in [0, 0.05) is 52.5 Å². The summed E-state index contributed by atoms with van der Waals surface area (Å²) in [6.45, 7) is 1.19. The molecule has 6 heteroatoms. The molecular weight excluding hydrogens is 381 g/mol. The van der Waals surface area contributed by atoms with Crippen LogP contribution in [0.1, 0.15) is 16.8 Å². The molecule has 0 saturated heterocycles. The molecule has 1 aliphatic heterocycles. The van der Waals surface area contributed by atoms with Gasteiger partial charge in [0.1, 0.15) is 0 Å². The number of nitrogens with zero attached hydrogens (tertiary/aromatic N) is 2. The average molecular weight is 398 g/mol. The Labute approximate surface area is 167 Å². The average Bonchev–Trinajstić information content (AvgIpc) is 3.10. The second-order valence-corrected chi connectivity index (χ2v) is 7.31. The van der Waals surface area contributed by atoms with E-state index in [-0.39, 0.29) is 5.91 Å². The van der Waals surface area contributed by atoms with Gasteiger partial charge in [0.2, 0.25) is 5.91 Å². The molecule has 27 heavy (non-hydrogen) atoms. The highest BCUT2D eigenvalue weighted by molar-refractivity contribution is 6.31. The maximum absolute atomic E-state index is 12.6. The van der Waals surface area contributed by atoms with Gasteiger partial charge in [0.05, 0.1) is 5.69 Å². The predicted octanol–water partition coefficient (Wildman–Crippen LogP) is 4.98. The third-order valence-corrected chi connectivity index (χ3v) is 5.12. The summed E-state index contributed by atoms with van der Waals surface area (Å²) in [5.41, 5.74) is 4.91. The molecule has 136 valence electrons. The van der Waals surface area contributed by atoms with Crippen LogP contribution in [0.15, 0.2) is 54.6 Å². The zero-order chi connectivity index (χ0) is 18.8. The molecule has 0 bridgehead atoms. The number of amides is 1. The quantitative estimate of drug-likeness (QED) is 0.633. The van der Waals surface area contributed by atoms with Crippen molar-refractivity contribution in [2.24, 2.45) is 0 Å². The number of H-pyrrole nitrogens is 1. The van der Waals surface area contributed by atoms with Crippen molar-refractivity contribution in [2.75, 3.05) is 6.54 Å². The predicted molar refractivity (Wildman–Crippen MR) is 109 cm³/mol. The lowest BCUT2D eigenvalue weighted by Gasteiger charge is -2.26. The smallest absolute Gasteiger partial charge is 0.246 e. The molecule has 2 aromatic carbocycles. The molecule has 2 heterocycles. The molecule has 0 atom stereocenters. The molecule has 1 amide bonds. The van der Waals surface area contributed by atoms with E-state index in [9.17, 15) is 4.79 Å². The topological polar surface area (TPSA) is 49.0 Å². The molecule has 0 fully saturated rings. The van der Waals surface area contributed by atoms with Gasteiger partial charge >= 0.3 is 0 Å². The summed E-state index contributed by atoms with van der Waals surface area (Å²) in [4.78, 5) is 14.5. The zero-order valence-corrected chi connectivity index (χ0v) is 16.0. The highest BCUT2D eigenvalue weighted by Gasteiger charge is 2.24. The van der Waals surface area contributed by atoms with Crippen LogP contribution in [0.4, 0.5) is 0 Å². The van der Waals surface area contributed by atoms with Crippen LogP contribution in [0.25, 0.3) is 17.3 Å². The summed E-state index contributed by atoms with van der Waals surface area (Å²) < 4.78 is 0. The molecule has 3 aromatic rings. The van der Waals surface area contributed by atoms with E-state index in [0.717, 1.165) is 34.5 Å². The fourth-order valence-electron chi connectivity index (χ4n) is 3.21. The van der Waals surface area contributed by atoms with Gasteiger partial charge in [-0.2, -0.15) is 5.10 Å². The number of aromatic amines is 1. The molecule has 0 aliphatic carbocycles. The zero-order valence-electron chi connectivity index (χ0n) is 14.5. The first kappa shape index (κ1) is 17.8. The molecular formula is C21H17Cl2N3O. The van der Waals surface area contributed by atoms with Crippen LogP contribution in [-0.2, 0) is 17.8 Å². The minimum Gasteiger partial charge on any atom is -0.334 e. The van der Waals surface area contributed by atoms with E-state index in [2.05, 4.69) is 10.2 Å². The Morgan fingerprint density at radius 3 is 2.70 bits per heavy atom. The number of aromatic nitrogens is 2. The molecule has 1 N–H and O–H groups in total. The number of hydrogen-bond acceptors (Lipinski definition) is 2. The van der Waals surface area contributed by atoms with Crippen molar-refractivity contribution in [3.05, 3.63) is 81.5 Å². The Balaban J connectivity index is 1.53. The van der Waals surface area contributed by atoms with Gasteiger partial charge in [-0.05, 0) is 35.9 Å². The number of fused-ring (bicyclic) bond motifs is 1. The third-order valence-electron chi connectivity index (χ3n) is 4.63. The fourth-order valence-corrected chi connectivity index (χ4v) is 3.54. The minimum atomic E-state index is -0.0242. The minimum absolute atomic E-state index is 0.0242. The first-order valence-corrected chi connectivity index (χ1v) is 9.40. The van der Waals surface area contributed by atoms with Gasteiger partial charge in [-0.15, -0.1) is 0 Å². The molecule has 1 aliphatic rings. The van der Waals surface area contributed by atoms with Crippen LogP contribution >= 0.6 is 23.2 Å². The second-order valence-electron chi connectivity index (χ2n) is 6.43. The Kier molecular flexibility index (Phi) is 5.01. The second kappa shape index (κ2) is 7.59. The van der Waals surface area contributed by atoms with Crippen LogP contribution in [0.3, 0.4) is 0 Å². The maximum atomic E-state index is 12.6. The van der Waals surface area contributed by atoms with E-state index >= 15 is 0 Å². The number of hydrogen-bond donors (Lipinski definition) is 1. The first-order chi connectivity index (χ1) is 13.1.